The van der Waals surface area contributed by atoms with Gasteiger partial charge in [-0.2, -0.15) is 0 Å². The van der Waals surface area contributed by atoms with Crippen LogP contribution in [0.4, 0.5) is 4.79 Å². The molecule has 0 spiro atoms. The van der Waals surface area contributed by atoms with Gasteiger partial charge in [0.15, 0.2) is 0 Å². The topological polar surface area (TPSA) is 99.6 Å². The quantitative estimate of drug-likeness (QED) is 0.770. The Morgan fingerprint density at radius 3 is 2.72 bits per heavy atom. The molecule has 1 N–H and O–H groups in total. The average molecular weight is 399 g/mol. The highest BCUT2D eigenvalue weighted by Crippen LogP contribution is 2.29. The summed E-state index contributed by atoms with van der Waals surface area (Å²) in [5, 5.41) is 2.74. The van der Waals surface area contributed by atoms with Gasteiger partial charge < -0.3 is 19.5 Å². The van der Waals surface area contributed by atoms with Crippen molar-refractivity contribution in [1.29, 1.82) is 0 Å². The predicted octanol–water partition coefficient (Wildman–Crippen LogP) is 3.38. The Hall–Kier alpha value is -3.00. The Morgan fingerprint density at radius 1 is 1.21 bits per heavy atom. The number of nitrogens with one attached hydrogen (secondary N) is 1. The fourth-order valence-corrected chi connectivity index (χ4v) is 2.89. The second-order valence-corrected chi connectivity index (χ2v) is 7.59. The van der Waals surface area contributed by atoms with E-state index in [9.17, 15) is 9.59 Å². The first-order valence-electron chi connectivity index (χ1n) is 9.47. The fraction of sp³-hybridized carbons (Fsp3) is 0.429. The highest BCUT2D eigenvalue weighted by atomic mass is 16.6. The molecule has 0 fully saturated rings. The third kappa shape index (κ3) is 5.29. The number of carbonyl (C=O) groups excluding carboxylic acids is 2. The molecule has 8 heteroatoms. The van der Waals surface area contributed by atoms with Gasteiger partial charge in [0.25, 0.3) is 0 Å². The van der Waals surface area contributed by atoms with Crippen molar-refractivity contribution < 1.29 is 23.8 Å². The molecule has 0 saturated carbocycles. The van der Waals surface area contributed by atoms with Crippen molar-refractivity contribution in [1.82, 2.24) is 15.3 Å². The van der Waals surface area contributed by atoms with Gasteiger partial charge in [0.2, 0.25) is 5.82 Å². The van der Waals surface area contributed by atoms with Crippen LogP contribution < -0.4 is 5.32 Å². The molecule has 3 rings (SSSR count). The van der Waals surface area contributed by atoms with Crippen LogP contribution >= 0.6 is 0 Å². The molecule has 2 aromatic rings. The van der Waals surface area contributed by atoms with Crippen molar-refractivity contribution in [2.24, 2.45) is 0 Å². The number of ether oxygens (including phenoxy) is 3. The standard InChI is InChI=1S/C21H25N3O5/c1-5-28-19(25)18-23-16-12-27-11-15(16)17(24-18)14-8-6-7-13(9-14)10-22-20(26)29-21(2,3)4/h6-9H,5,10-12H2,1-4H3,(H,22,26). The van der Waals surface area contributed by atoms with Gasteiger partial charge in [-0.1, -0.05) is 18.2 Å². The van der Waals surface area contributed by atoms with Crippen LogP contribution in [0.15, 0.2) is 24.3 Å². The Balaban J connectivity index is 1.85. The molecular weight excluding hydrogens is 374 g/mol. The van der Waals surface area contributed by atoms with E-state index in [4.69, 9.17) is 14.2 Å². The first kappa shape index (κ1) is 20.7. The van der Waals surface area contributed by atoms with Crippen molar-refractivity contribution in [3.05, 3.63) is 46.9 Å². The molecule has 0 unspecified atom stereocenters. The highest BCUT2D eigenvalue weighted by Gasteiger charge is 2.24. The lowest BCUT2D eigenvalue weighted by molar-refractivity contribution is 0.0505. The number of carbonyl (C=O) groups is 2. The number of hydrogen-bond donors (Lipinski definition) is 1. The maximum Gasteiger partial charge on any atom is 0.407 e. The number of aromatic nitrogens is 2. The molecule has 29 heavy (non-hydrogen) atoms. The summed E-state index contributed by atoms with van der Waals surface area (Å²) in [4.78, 5) is 32.8. The SMILES string of the molecule is CCOC(=O)c1nc2c(c(-c3cccc(CNC(=O)OC(C)(C)C)c3)n1)COC2. The third-order valence-electron chi connectivity index (χ3n) is 4.07. The Bertz CT molecular complexity index is 921. The zero-order valence-corrected chi connectivity index (χ0v) is 17.1. The zero-order chi connectivity index (χ0) is 21.0. The minimum Gasteiger partial charge on any atom is -0.460 e. The van der Waals surface area contributed by atoms with Crippen LogP contribution in [0.25, 0.3) is 11.3 Å². The summed E-state index contributed by atoms with van der Waals surface area (Å²) in [5.41, 5.74) is 3.30. The summed E-state index contributed by atoms with van der Waals surface area (Å²) in [6, 6.07) is 7.57. The number of benzene rings is 1. The molecule has 8 nitrogen and oxygen atoms in total. The van der Waals surface area contributed by atoms with Gasteiger partial charge in [-0.15, -0.1) is 0 Å². The number of alkyl carbamates (subject to hydrolysis) is 1. The van der Waals surface area contributed by atoms with E-state index in [2.05, 4.69) is 15.3 Å². The van der Waals surface area contributed by atoms with E-state index >= 15 is 0 Å². The zero-order valence-electron chi connectivity index (χ0n) is 17.1. The molecule has 0 saturated heterocycles. The minimum atomic E-state index is -0.564. The summed E-state index contributed by atoms with van der Waals surface area (Å²) in [7, 11) is 0. The Morgan fingerprint density at radius 2 is 2.00 bits per heavy atom. The van der Waals surface area contributed by atoms with Crippen LogP contribution in [0.1, 0.15) is 55.1 Å². The van der Waals surface area contributed by atoms with E-state index in [1.807, 2.05) is 45.0 Å². The normalized spacial score (nSPS) is 13.0. The highest BCUT2D eigenvalue weighted by molar-refractivity contribution is 5.86. The van der Waals surface area contributed by atoms with Crippen LogP contribution in [0.5, 0.6) is 0 Å². The lowest BCUT2D eigenvalue weighted by Crippen LogP contribution is -2.32. The number of hydrogen-bond acceptors (Lipinski definition) is 7. The lowest BCUT2D eigenvalue weighted by Gasteiger charge is -2.19. The molecule has 0 radical (unpaired) electrons. The van der Waals surface area contributed by atoms with Gasteiger partial charge in [0, 0.05) is 17.7 Å². The van der Waals surface area contributed by atoms with Gasteiger partial charge in [-0.25, -0.2) is 19.6 Å². The van der Waals surface area contributed by atoms with Gasteiger partial charge >= 0.3 is 12.1 Å². The first-order chi connectivity index (χ1) is 13.8. The Kier molecular flexibility index (Phi) is 6.12. The van der Waals surface area contributed by atoms with E-state index in [0.717, 1.165) is 16.7 Å². The largest absolute Gasteiger partial charge is 0.460 e. The number of amides is 1. The van der Waals surface area contributed by atoms with E-state index in [0.29, 0.717) is 31.1 Å². The van der Waals surface area contributed by atoms with E-state index in [1.54, 1.807) is 6.92 Å². The molecule has 2 heterocycles. The van der Waals surface area contributed by atoms with Crippen LogP contribution in [-0.4, -0.2) is 34.2 Å². The van der Waals surface area contributed by atoms with Crippen LogP contribution in [0.2, 0.25) is 0 Å². The molecule has 1 aromatic carbocycles. The molecule has 1 aliphatic heterocycles. The number of esters is 1. The fourth-order valence-electron chi connectivity index (χ4n) is 2.89. The van der Waals surface area contributed by atoms with Crippen LogP contribution in [0.3, 0.4) is 0 Å². The molecule has 1 aromatic heterocycles. The van der Waals surface area contributed by atoms with Crippen molar-refractivity contribution >= 4 is 12.1 Å². The first-order valence-corrected chi connectivity index (χ1v) is 9.47. The van der Waals surface area contributed by atoms with Crippen LogP contribution in [0, 0.1) is 0 Å². The summed E-state index contributed by atoms with van der Waals surface area (Å²) in [6.45, 7) is 8.43. The number of rotatable bonds is 5. The number of fused-ring (bicyclic) bond motifs is 1. The van der Waals surface area contributed by atoms with Gasteiger partial charge in [0.1, 0.15) is 5.60 Å². The summed E-state index contributed by atoms with van der Waals surface area (Å²) < 4.78 is 15.8. The molecule has 154 valence electrons. The predicted molar refractivity (Wildman–Crippen MR) is 105 cm³/mol. The van der Waals surface area contributed by atoms with Crippen molar-refractivity contribution in [2.45, 2.75) is 53.1 Å². The molecule has 0 bridgehead atoms. The molecule has 0 aliphatic carbocycles. The van der Waals surface area contributed by atoms with Crippen molar-refractivity contribution in [3.63, 3.8) is 0 Å². The summed E-state index contributed by atoms with van der Waals surface area (Å²) >= 11 is 0. The summed E-state index contributed by atoms with van der Waals surface area (Å²) in [6.07, 6.45) is -0.483. The molecular formula is C21H25N3O5. The van der Waals surface area contributed by atoms with E-state index < -0.39 is 17.7 Å². The van der Waals surface area contributed by atoms with E-state index in [1.165, 1.54) is 0 Å². The van der Waals surface area contributed by atoms with Gasteiger partial charge in [0.05, 0.1) is 31.2 Å². The second kappa shape index (κ2) is 8.57. The third-order valence-corrected chi connectivity index (χ3v) is 4.07. The lowest BCUT2D eigenvalue weighted by atomic mass is 10.0. The number of nitrogens with zero attached hydrogens (tertiary/aromatic N) is 2. The molecule has 1 aliphatic rings. The van der Waals surface area contributed by atoms with Crippen molar-refractivity contribution in [2.75, 3.05) is 6.61 Å². The minimum absolute atomic E-state index is 0.0170. The second-order valence-electron chi connectivity index (χ2n) is 7.59. The smallest absolute Gasteiger partial charge is 0.407 e. The van der Waals surface area contributed by atoms with Gasteiger partial charge in [-0.05, 0) is 39.3 Å². The maximum atomic E-state index is 12.1. The summed E-state index contributed by atoms with van der Waals surface area (Å²) in [5.74, 6) is -0.547. The molecule has 1 amide bonds. The monoisotopic (exact) mass is 399 g/mol. The molecule has 0 atom stereocenters. The van der Waals surface area contributed by atoms with Crippen molar-refractivity contribution in [3.8, 4) is 11.3 Å². The van der Waals surface area contributed by atoms with Crippen LogP contribution in [-0.2, 0) is 34.0 Å². The average Bonchev–Trinajstić information content (AvgIpc) is 3.13. The Labute approximate surface area is 169 Å². The van der Waals surface area contributed by atoms with Gasteiger partial charge in [-0.3, -0.25) is 0 Å². The maximum absolute atomic E-state index is 12.1. The van der Waals surface area contributed by atoms with E-state index in [-0.39, 0.29) is 12.4 Å².